The summed E-state index contributed by atoms with van der Waals surface area (Å²) in [5.41, 5.74) is 2.74. The summed E-state index contributed by atoms with van der Waals surface area (Å²) in [5.74, 6) is 0.853. The Morgan fingerprint density at radius 1 is 1.23 bits per heavy atom. The van der Waals surface area contributed by atoms with Crippen molar-refractivity contribution in [3.63, 3.8) is 0 Å². The molecule has 134 valence electrons. The maximum Gasteiger partial charge on any atom is 1.00 e. The zero-order valence-electron chi connectivity index (χ0n) is 15.6. The second-order valence-electron chi connectivity index (χ2n) is 5.25. The molecule has 1 unspecified atom stereocenters. The second kappa shape index (κ2) is 12.2. The van der Waals surface area contributed by atoms with Crippen molar-refractivity contribution >= 4 is 21.8 Å². The molecule has 0 aliphatic carbocycles. The van der Waals surface area contributed by atoms with Gasteiger partial charge in [-0.05, 0) is 12.1 Å². The van der Waals surface area contributed by atoms with E-state index in [1.807, 2.05) is 37.3 Å². The fraction of sp³-hybridized carbons (Fsp3) is 0.333. The summed E-state index contributed by atoms with van der Waals surface area (Å²) in [6.45, 7) is 3.33. The Balaban J connectivity index is 0.000000251. The van der Waals surface area contributed by atoms with E-state index in [1.165, 1.54) is 0 Å². The van der Waals surface area contributed by atoms with Crippen molar-refractivity contribution in [2.75, 3.05) is 26.6 Å². The van der Waals surface area contributed by atoms with E-state index in [2.05, 4.69) is 21.1 Å². The molecule has 3 aromatic rings. The average Bonchev–Trinajstić information content (AvgIpc) is 3.05. The first-order chi connectivity index (χ1) is 12.1. The number of aryl methyl sites for hydroxylation is 1. The third-order valence-electron chi connectivity index (χ3n) is 3.29. The number of benzene rings is 1. The SMILES string of the molecule is COCCCOc1ccn[c-]c1C.CS(=O)c1nc2ccccc2[nH]1.[Na+]. The fourth-order valence-electron chi connectivity index (χ4n) is 2.03. The molecule has 1 N–H and O–H groups in total. The number of methoxy groups -OCH3 is 1. The van der Waals surface area contributed by atoms with Crippen LogP contribution in [-0.2, 0) is 15.5 Å². The number of hydrogen-bond acceptors (Lipinski definition) is 5. The van der Waals surface area contributed by atoms with Gasteiger partial charge in [-0.1, -0.05) is 31.5 Å². The van der Waals surface area contributed by atoms with Crippen LogP contribution in [0.5, 0.6) is 5.75 Å². The molecule has 2 heterocycles. The van der Waals surface area contributed by atoms with Gasteiger partial charge in [0, 0.05) is 32.1 Å². The summed E-state index contributed by atoms with van der Waals surface area (Å²) in [6, 6.07) is 9.48. The largest absolute Gasteiger partial charge is 1.00 e. The van der Waals surface area contributed by atoms with Gasteiger partial charge in [-0.25, -0.2) is 4.98 Å². The van der Waals surface area contributed by atoms with Gasteiger partial charge in [0.1, 0.15) is 0 Å². The van der Waals surface area contributed by atoms with Crippen molar-refractivity contribution in [2.45, 2.75) is 18.5 Å². The van der Waals surface area contributed by atoms with E-state index < -0.39 is 10.8 Å². The quantitative estimate of drug-likeness (QED) is 0.366. The van der Waals surface area contributed by atoms with Gasteiger partial charge in [-0.2, -0.15) is 0 Å². The molecule has 0 aliphatic heterocycles. The van der Waals surface area contributed by atoms with Crippen LogP contribution in [0, 0.1) is 13.1 Å². The maximum atomic E-state index is 11.0. The molecular weight excluding hydrogens is 361 g/mol. The third-order valence-corrected chi connectivity index (χ3v) is 4.03. The summed E-state index contributed by atoms with van der Waals surface area (Å²) in [6.07, 6.45) is 7.02. The normalized spacial score (nSPS) is 11.2. The summed E-state index contributed by atoms with van der Waals surface area (Å²) in [4.78, 5) is 11.0. The molecule has 1 atom stereocenters. The van der Waals surface area contributed by atoms with Crippen LogP contribution in [0.2, 0.25) is 0 Å². The Labute approximate surface area is 178 Å². The van der Waals surface area contributed by atoms with Crippen molar-refractivity contribution in [3.8, 4) is 5.75 Å². The van der Waals surface area contributed by atoms with Crippen molar-refractivity contribution in [1.29, 1.82) is 0 Å². The molecule has 3 rings (SSSR count). The number of nitrogens with one attached hydrogen (secondary N) is 1. The minimum absolute atomic E-state index is 0. The number of nitrogens with zero attached hydrogens (tertiary/aromatic N) is 2. The summed E-state index contributed by atoms with van der Waals surface area (Å²) >= 11 is 0. The zero-order valence-corrected chi connectivity index (χ0v) is 18.4. The number of imidazole rings is 1. The van der Waals surface area contributed by atoms with Gasteiger partial charge in [0.05, 0.1) is 28.4 Å². The molecule has 0 fully saturated rings. The zero-order chi connectivity index (χ0) is 18.1. The van der Waals surface area contributed by atoms with Gasteiger partial charge < -0.3 is 19.4 Å². The third kappa shape index (κ3) is 7.17. The van der Waals surface area contributed by atoms with Gasteiger partial charge >= 0.3 is 29.6 Å². The molecule has 0 bridgehead atoms. The van der Waals surface area contributed by atoms with Crippen molar-refractivity contribution in [1.82, 2.24) is 15.0 Å². The Morgan fingerprint density at radius 3 is 2.65 bits per heavy atom. The molecule has 0 saturated carbocycles. The first-order valence-electron chi connectivity index (χ1n) is 7.85. The van der Waals surface area contributed by atoms with Crippen molar-refractivity contribution in [2.24, 2.45) is 0 Å². The first-order valence-corrected chi connectivity index (χ1v) is 9.41. The number of para-hydroxylation sites is 2. The number of hydrogen-bond donors (Lipinski definition) is 1. The number of fused-ring (bicyclic) bond motifs is 1. The number of H-pyrrole nitrogens is 1. The van der Waals surface area contributed by atoms with Gasteiger partial charge in [0.2, 0.25) is 0 Å². The van der Waals surface area contributed by atoms with Gasteiger partial charge in [-0.15, -0.1) is 11.6 Å². The molecular formula is C18H22N3NaO3S. The summed E-state index contributed by atoms with van der Waals surface area (Å²) < 4.78 is 21.4. The van der Waals surface area contributed by atoms with Crippen LogP contribution >= 0.6 is 0 Å². The van der Waals surface area contributed by atoms with Gasteiger partial charge in [-0.3, -0.25) is 4.21 Å². The van der Waals surface area contributed by atoms with Crippen molar-refractivity contribution < 1.29 is 43.2 Å². The molecule has 2 aromatic heterocycles. The van der Waals surface area contributed by atoms with Crippen LogP contribution < -0.4 is 34.3 Å². The molecule has 26 heavy (non-hydrogen) atoms. The Hall–Kier alpha value is -1.25. The smallest absolute Gasteiger partial charge is 0.551 e. The first kappa shape index (κ1) is 22.8. The monoisotopic (exact) mass is 383 g/mol. The van der Waals surface area contributed by atoms with E-state index in [9.17, 15) is 4.21 Å². The number of ether oxygens (including phenoxy) is 2. The minimum atomic E-state index is -1.03. The van der Waals surface area contributed by atoms with Gasteiger partial charge in [0.15, 0.2) is 5.16 Å². The van der Waals surface area contributed by atoms with E-state index in [4.69, 9.17) is 9.47 Å². The average molecular weight is 383 g/mol. The number of pyridine rings is 1. The Bertz CT molecular complexity index is 793. The van der Waals surface area contributed by atoms with Crippen LogP contribution in [0.3, 0.4) is 0 Å². The minimum Gasteiger partial charge on any atom is -0.551 e. The molecule has 0 spiro atoms. The molecule has 8 heteroatoms. The van der Waals surface area contributed by atoms with Crippen LogP contribution in [0.4, 0.5) is 0 Å². The Morgan fingerprint density at radius 2 is 2.00 bits per heavy atom. The van der Waals surface area contributed by atoms with E-state index in [0.717, 1.165) is 35.4 Å². The predicted molar refractivity (Wildman–Crippen MR) is 98.2 cm³/mol. The molecule has 0 amide bonds. The van der Waals surface area contributed by atoms with E-state index >= 15 is 0 Å². The number of rotatable bonds is 6. The molecule has 0 saturated heterocycles. The van der Waals surface area contributed by atoms with Crippen LogP contribution in [0.25, 0.3) is 11.0 Å². The van der Waals surface area contributed by atoms with Crippen LogP contribution in [0.15, 0.2) is 41.7 Å². The molecule has 0 radical (unpaired) electrons. The Kier molecular flexibility index (Phi) is 10.7. The number of aromatic nitrogens is 3. The van der Waals surface area contributed by atoms with Gasteiger partial charge in [0.25, 0.3) is 0 Å². The maximum absolute atomic E-state index is 11.0. The second-order valence-corrected chi connectivity index (χ2v) is 6.55. The molecule has 1 aromatic carbocycles. The van der Waals surface area contributed by atoms with Crippen LogP contribution in [-0.4, -0.2) is 45.7 Å². The predicted octanol–water partition coefficient (Wildman–Crippen LogP) is -0.0902. The fourth-order valence-corrected chi connectivity index (χ4v) is 2.51. The van der Waals surface area contributed by atoms with E-state index in [0.29, 0.717) is 11.8 Å². The summed E-state index contributed by atoms with van der Waals surface area (Å²) in [7, 11) is 0.658. The van der Waals surface area contributed by atoms with E-state index in [-0.39, 0.29) is 29.6 Å². The number of aromatic amines is 1. The summed E-state index contributed by atoms with van der Waals surface area (Å²) in [5, 5.41) is 0.538. The molecule has 0 aliphatic rings. The van der Waals surface area contributed by atoms with Crippen LogP contribution in [0.1, 0.15) is 12.0 Å². The molecule has 6 nitrogen and oxygen atoms in total. The van der Waals surface area contributed by atoms with Crippen molar-refractivity contribution in [3.05, 3.63) is 48.3 Å². The standard InChI is InChI=1S/C10H14NO2.C8H8N2OS.Na/c1-9-8-11-5-4-10(9)13-7-3-6-12-2;1-12(11)8-9-6-4-2-3-5-7(6)10-8;/h4-5H,3,6-7H2,1-2H3;2-5H,1H3,(H,9,10);/q-1;;+1. The topological polar surface area (TPSA) is 77.1 Å². The van der Waals surface area contributed by atoms with E-state index in [1.54, 1.807) is 19.6 Å².